The molecule has 0 spiro atoms. The smallest absolute Gasteiger partial charge is 0.349 e. The van der Waals surface area contributed by atoms with Crippen LogP contribution < -0.4 is 9.47 Å². The minimum absolute atomic E-state index is 0.124. The van der Waals surface area contributed by atoms with Crippen molar-refractivity contribution in [1.82, 2.24) is 0 Å². The number of rotatable bonds is 4. The summed E-state index contributed by atoms with van der Waals surface area (Å²) in [6.07, 6.45) is 0. The molecule has 0 amide bonds. The first-order valence-electron chi connectivity index (χ1n) is 7.61. The van der Waals surface area contributed by atoms with Crippen LogP contribution in [0.3, 0.4) is 0 Å². The predicted molar refractivity (Wildman–Crippen MR) is 98.7 cm³/mol. The van der Waals surface area contributed by atoms with E-state index in [4.69, 9.17) is 9.47 Å². The second-order valence-corrected chi connectivity index (χ2v) is 6.58. The van der Waals surface area contributed by atoms with Crippen LogP contribution in [0.4, 0.5) is 0 Å². The predicted octanol–water partition coefficient (Wildman–Crippen LogP) is 5.20. The highest BCUT2D eigenvalue weighted by Gasteiger charge is 2.08. The Hall–Kier alpha value is -2.33. The monoisotopic (exact) mass is 384 g/mol. The standard InChI is InChI=1S/C20H17BrO3/c1-13-3-7-18(9-14(13)2)23-12-20(22)24-19-8-5-15-10-17(21)6-4-16(15)11-19/h3-11H,12H2,1-2H3. The molecule has 0 N–H and O–H groups in total. The molecule has 3 aromatic rings. The van der Waals surface area contributed by atoms with Crippen molar-refractivity contribution in [1.29, 1.82) is 0 Å². The second-order valence-electron chi connectivity index (χ2n) is 5.66. The zero-order chi connectivity index (χ0) is 17.1. The van der Waals surface area contributed by atoms with Crippen LogP contribution in [0.25, 0.3) is 10.8 Å². The molecule has 3 nitrogen and oxygen atoms in total. The summed E-state index contributed by atoms with van der Waals surface area (Å²) >= 11 is 3.44. The lowest BCUT2D eigenvalue weighted by Gasteiger charge is -2.09. The van der Waals surface area contributed by atoms with Crippen LogP contribution in [0, 0.1) is 13.8 Å². The molecule has 24 heavy (non-hydrogen) atoms. The summed E-state index contributed by atoms with van der Waals surface area (Å²) in [6, 6.07) is 17.2. The molecule has 3 rings (SSSR count). The quantitative estimate of drug-likeness (QED) is 0.457. The molecule has 0 aromatic heterocycles. The molecule has 0 saturated carbocycles. The van der Waals surface area contributed by atoms with E-state index in [1.165, 1.54) is 5.56 Å². The zero-order valence-electron chi connectivity index (χ0n) is 13.5. The van der Waals surface area contributed by atoms with Gasteiger partial charge in [0, 0.05) is 4.47 Å². The average Bonchev–Trinajstić information content (AvgIpc) is 2.56. The van der Waals surface area contributed by atoms with Gasteiger partial charge in [-0.25, -0.2) is 4.79 Å². The Morgan fingerprint density at radius 3 is 2.38 bits per heavy atom. The molecule has 0 unspecified atom stereocenters. The van der Waals surface area contributed by atoms with E-state index in [2.05, 4.69) is 15.9 Å². The fourth-order valence-electron chi connectivity index (χ4n) is 2.37. The fourth-order valence-corrected chi connectivity index (χ4v) is 2.74. The van der Waals surface area contributed by atoms with Crippen LogP contribution in [0.1, 0.15) is 11.1 Å². The van der Waals surface area contributed by atoms with Crippen molar-refractivity contribution in [2.75, 3.05) is 6.61 Å². The van der Waals surface area contributed by atoms with Crippen LogP contribution >= 0.6 is 15.9 Å². The van der Waals surface area contributed by atoms with Crippen molar-refractivity contribution < 1.29 is 14.3 Å². The number of benzene rings is 3. The number of carbonyl (C=O) groups is 1. The van der Waals surface area contributed by atoms with Crippen LogP contribution in [0.5, 0.6) is 11.5 Å². The third-order valence-electron chi connectivity index (χ3n) is 3.84. The minimum Gasteiger partial charge on any atom is -0.482 e. The molecule has 0 atom stereocenters. The summed E-state index contributed by atoms with van der Waals surface area (Å²) < 4.78 is 11.9. The molecule has 0 saturated heterocycles. The van der Waals surface area contributed by atoms with Crippen molar-refractivity contribution in [2.45, 2.75) is 13.8 Å². The molecular weight excluding hydrogens is 368 g/mol. The van der Waals surface area contributed by atoms with Gasteiger partial charge in [-0.1, -0.05) is 34.1 Å². The van der Waals surface area contributed by atoms with Gasteiger partial charge < -0.3 is 9.47 Å². The summed E-state index contributed by atoms with van der Waals surface area (Å²) in [4.78, 5) is 12.0. The molecule has 4 heteroatoms. The van der Waals surface area contributed by atoms with Crippen molar-refractivity contribution in [2.24, 2.45) is 0 Å². The SMILES string of the molecule is Cc1ccc(OCC(=O)Oc2ccc3cc(Br)ccc3c2)cc1C. The third kappa shape index (κ3) is 3.95. The highest BCUT2D eigenvalue weighted by atomic mass is 79.9. The third-order valence-corrected chi connectivity index (χ3v) is 4.33. The van der Waals surface area contributed by atoms with Crippen molar-refractivity contribution in [3.05, 3.63) is 70.2 Å². The Labute approximate surface area is 149 Å². The van der Waals surface area contributed by atoms with Crippen molar-refractivity contribution in [3.63, 3.8) is 0 Å². The molecule has 0 bridgehead atoms. The van der Waals surface area contributed by atoms with Gasteiger partial charge in [-0.15, -0.1) is 0 Å². The van der Waals surface area contributed by atoms with E-state index in [0.29, 0.717) is 11.5 Å². The van der Waals surface area contributed by atoms with E-state index < -0.39 is 5.97 Å². The van der Waals surface area contributed by atoms with Gasteiger partial charge in [0.25, 0.3) is 0 Å². The normalized spacial score (nSPS) is 10.6. The molecule has 0 heterocycles. The van der Waals surface area contributed by atoms with Gasteiger partial charge in [0.1, 0.15) is 11.5 Å². The van der Waals surface area contributed by atoms with Crippen molar-refractivity contribution in [3.8, 4) is 11.5 Å². The van der Waals surface area contributed by atoms with E-state index in [1.54, 1.807) is 6.07 Å². The maximum Gasteiger partial charge on any atom is 0.349 e. The van der Waals surface area contributed by atoms with Gasteiger partial charge in [0.15, 0.2) is 6.61 Å². The molecule has 0 aliphatic carbocycles. The number of carbonyl (C=O) groups excluding carboxylic acids is 1. The highest BCUT2D eigenvalue weighted by molar-refractivity contribution is 9.10. The Balaban J connectivity index is 1.64. The Bertz CT molecular complexity index is 903. The Morgan fingerprint density at radius 2 is 1.58 bits per heavy atom. The lowest BCUT2D eigenvalue weighted by atomic mass is 10.1. The summed E-state index contributed by atoms with van der Waals surface area (Å²) in [5, 5.41) is 2.09. The van der Waals surface area contributed by atoms with Crippen LogP contribution in [-0.4, -0.2) is 12.6 Å². The van der Waals surface area contributed by atoms with Gasteiger partial charge in [-0.3, -0.25) is 0 Å². The topological polar surface area (TPSA) is 35.5 Å². The number of hydrogen-bond donors (Lipinski definition) is 0. The van der Waals surface area contributed by atoms with Gasteiger partial charge in [-0.05, 0) is 72.1 Å². The van der Waals surface area contributed by atoms with Gasteiger partial charge in [-0.2, -0.15) is 0 Å². The molecule has 122 valence electrons. The van der Waals surface area contributed by atoms with Gasteiger partial charge >= 0.3 is 5.97 Å². The van der Waals surface area contributed by atoms with Crippen molar-refractivity contribution >= 4 is 32.7 Å². The van der Waals surface area contributed by atoms with E-state index in [-0.39, 0.29) is 6.61 Å². The van der Waals surface area contributed by atoms with E-state index >= 15 is 0 Å². The van der Waals surface area contributed by atoms with Crippen LogP contribution in [0.15, 0.2) is 59.1 Å². The zero-order valence-corrected chi connectivity index (χ0v) is 15.1. The maximum atomic E-state index is 12.0. The lowest BCUT2D eigenvalue weighted by Crippen LogP contribution is -2.17. The number of fused-ring (bicyclic) bond motifs is 1. The minimum atomic E-state index is -0.426. The molecule has 0 fully saturated rings. The lowest BCUT2D eigenvalue weighted by molar-refractivity contribution is -0.136. The van der Waals surface area contributed by atoms with Gasteiger partial charge in [0.05, 0.1) is 0 Å². The first-order valence-corrected chi connectivity index (χ1v) is 8.40. The Morgan fingerprint density at radius 1 is 0.875 bits per heavy atom. The number of esters is 1. The first kappa shape index (κ1) is 16.5. The molecule has 0 aliphatic rings. The highest BCUT2D eigenvalue weighted by Crippen LogP contribution is 2.24. The van der Waals surface area contributed by atoms with Gasteiger partial charge in [0.2, 0.25) is 0 Å². The summed E-state index contributed by atoms with van der Waals surface area (Å²) in [6.45, 7) is 3.92. The molecular formula is C20H17BrO3. The number of ether oxygens (including phenoxy) is 2. The van der Waals surface area contributed by atoms with Crippen LogP contribution in [-0.2, 0) is 4.79 Å². The molecule has 3 aromatic carbocycles. The van der Waals surface area contributed by atoms with E-state index in [0.717, 1.165) is 20.8 Å². The summed E-state index contributed by atoms with van der Waals surface area (Å²) in [5.74, 6) is 0.751. The number of hydrogen-bond acceptors (Lipinski definition) is 3. The molecule has 0 aliphatic heterocycles. The second kappa shape index (κ2) is 7.05. The summed E-state index contributed by atoms with van der Waals surface area (Å²) in [7, 11) is 0. The first-order chi connectivity index (χ1) is 11.5. The molecule has 0 radical (unpaired) electrons. The van der Waals surface area contributed by atoms with Crippen LogP contribution in [0.2, 0.25) is 0 Å². The van der Waals surface area contributed by atoms with E-state index in [1.807, 2.05) is 62.4 Å². The number of aryl methyl sites for hydroxylation is 2. The summed E-state index contributed by atoms with van der Waals surface area (Å²) in [5.41, 5.74) is 2.31. The largest absolute Gasteiger partial charge is 0.482 e. The Kier molecular flexibility index (Phi) is 4.86. The number of halogens is 1. The van der Waals surface area contributed by atoms with E-state index in [9.17, 15) is 4.79 Å². The fraction of sp³-hybridized carbons (Fsp3) is 0.150. The maximum absolute atomic E-state index is 12.0. The average molecular weight is 385 g/mol.